The average Bonchev–Trinajstić information content (AvgIpc) is 2.05. The summed E-state index contributed by atoms with van der Waals surface area (Å²) < 4.78 is 0. The quantitative estimate of drug-likeness (QED) is 0.453. The van der Waals surface area contributed by atoms with E-state index in [0.29, 0.717) is 11.5 Å². The molecule has 0 fully saturated rings. The Morgan fingerprint density at radius 1 is 1.00 bits per heavy atom. The molecule has 0 spiro atoms. The summed E-state index contributed by atoms with van der Waals surface area (Å²) in [6.45, 7) is 0. The van der Waals surface area contributed by atoms with Gasteiger partial charge >= 0.3 is 43.0 Å². The van der Waals surface area contributed by atoms with Crippen LogP contribution in [0.4, 0.5) is 0 Å². The number of carboxylic acid groups (broad SMARTS) is 2. The maximum absolute atomic E-state index is 9.55. The van der Waals surface area contributed by atoms with E-state index in [1.165, 1.54) is 0 Å². The van der Waals surface area contributed by atoms with E-state index in [4.69, 9.17) is 10.2 Å². The molecule has 0 unspecified atom stereocenters. The molecule has 2 radical (unpaired) electrons. The fraction of sp³-hybridized carbons (Fsp3) is 0.750. The van der Waals surface area contributed by atoms with Gasteiger partial charge in [-0.15, -0.1) is 0 Å². The van der Waals surface area contributed by atoms with Crippen LogP contribution in [0.2, 0.25) is 9.88 Å². The van der Waals surface area contributed by atoms with E-state index >= 15 is 0 Å². The topological polar surface area (TPSA) is 74.6 Å². The van der Waals surface area contributed by atoms with Gasteiger partial charge in [0.2, 0.25) is 0 Å². The van der Waals surface area contributed by atoms with Crippen molar-refractivity contribution in [2.24, 2.45) is 0 Å². The zero-order valence-electron chi connectivity index (χ0n) is 8.93. The number of hydrogen-bond donors (Lipinski definition) is 4. The van der Waals surface area contributed by atoms with Crippen LogP contribution < -0.4 is 0 Å². The number of carbonyl (C=O) groups is 2. The van der Waals surface area contributed by atoms with E-state index in [-0.39, 0.29) is 34.0 Å². The Labute approximate surface area is 112 Å². The fourth-order valence-corrected chi connectivity index (χ4v) is 0.574. The minimum absolute atomic E-state index is 0.156. The Bertz CT molecular complexity index is 140. The van der Waals surface area contributed by atoms with Gasteiger partial charge in [-0.05, 0) is 0 Å². The molecule has 0 aliphatic heterocycles. The van der Waals surface area contributed by atoms with Crippen molar-refractivity contribution in [3.05, 3.63) is 0 Å². The van der Waals surface area contributed by atoms with E-state index in [9.17, 15) is 9.59 Å². The summed E-state index contributed by atoms with van der Waals surface area (Å²) in [7, 11) is 0. The molecular weight excluding hydrogens is 343 g/mol. The van der Waals surface area contributed by atoms with Gasteiger partial charge in [-0.2, -0.15) is 25.3 Å². The second-order valence-electron chi connectivity index (χ2n) is 2.23. The summed E-state index contributed by atoms with van der Waals surface area (Å²) >= 11 is 7.59. The van der Waals surface area contributed by atoms with Crippen LogP contribution in [0.25, 0.3) is 0 Å². The molecule has 0 atom stereocenters. The molecule has 2 N–H and O–H groups in total. The van der Waals surface area contributed by atoms with E-state index in [1.54, 1.807) is 0 Å². The minimum atomic E-state index is -0.787. The van der Waals surface area contributed by atoms with Crippen LogP contribution in [0, 0.1) is 0 Å². The second kappa shape index (κ2) is 19.9. The van der Waals surface area contributed by atoms with Gasteiger partial charge < -0.3 is 10.2 Å². The number of hydrogen-bond acceptors (Lipinski definition) is 4. The normalized spacial score (nSPS) is 7.73. The van der Waals surface area contributed by atoms with Crippen LogP contribution in [0.3, 0.4) is 0 Å². The van der Waals surface area contributed by atoms with Crippen molar-refractivity contribution in [3.8, 4) is 0 Å². The Balaban J connectivity index is -0.000000153. The fourth-order valence-electron chi connectivity index (χ4n) is 0.191. The summed E-state index contributed by atoms with van der Waals surface area (Å²) in [6, 6.07) is 0. The molecule has 4 nitrogen and oxygen atoms in total. The maximum atomic E-state index is 9.55. The van der Waals surface area contributed by atoms with E-state index < -0.39 is 11.9 Å². The van der Waals surface area contributed by atoms with Gasteiger partial charge in [-0.3, -0.25) is 9.59 Å². The van der Waals surface area contributed by atoms with Crippen molar-refractivity contribution in [1.82, 2.24) is 0 Å². The van der Waals surface area contributed by atoms with Crippen molar-refractivity contribution in [1.29, 1.82) is 0 Å². The summed E-state index contributed by atoms with van der Waals surface area (Å²) in [6.07, 6.45) is 0.312. The van der Waals surface area contributed by atoms with Gasteiger partial charge in [0, 0.05) is 11.5 Å². The number of aliphatic carboxylic acids is 2. The molecule has 0 aromatic heterocycles. The van der Waals surface area contributed by atoms with Gasteiger partial charge in [0.05, 0.1) is 12.8 Å². The van der Waals surface area contributed by atoms with Crippen LogP contribution in [0.5, 0.6) is 0 Å². The first-order chi connectivity index (χ1) is 6.95. The summed E-state index contributed by atoms with van der Waals surface area (Å²) in [5.74, 6) is -0.722. The Morgan fingerprint density at radius 3 is 1.20 bits per heavy atom. The van der Waals surface area contributed by atoms with Gasteiger partial charge in [0.1, 0.15) is 0 Å². The monoisotopic (exact) mass is 362 g/mol. The predicted octanol–water partition coefficient (Wildman–Crippen LogP) is 1.57. The first-order valence-electron chi connectivity index (χ1n) is 4.20. The third-order valence-corrected chi connectivity index (χ3v) is 1.10. The van der Waals surface area contributed by atoms with Gasteiger partial charge in [-0.25, -0.2) is 0 Å². The SMILES string of the molecule is O=C(O)CCS.O=C(O)CCS.[CH3][Sn][CH3]. The van der Waals surface area contributed by atoms with Crippen LogP contribution in [0.1, 0.15) is 12.8 Å². The summed E-state index contributed by atoms with van der Waals surface area (Å²) in [5, 5.41) is 15.7. The van der Waals surface area contributed by atoms with E-state index in [0.717, 1.165) is 0 Å². The Morgan fingerprint density at radius 2 is 1.20 bits per heavy atom. The van der Waals surface area contributed by atoms with Crippen LogP contribution in [-0.2, 0) is 9.59 Å². The Kier molecular flexibility index (Phi) is 27.6. The predicted molar refractivity (Wildman–Crippen MR) is 69.7 cm³/mol. The summed E-state index contributed by atoms with van der Waals surface area (Å²) in [5.41, 5.74) is 0. The molecular formula is C8H18O4S2Sn. The van der Waals surface area contributed by atoms with Crippen molar-refractivity contribution >= 4 is 58.3 Å². The average molecular weight is 361 g/mol. The first-order valence-corrected chi connectivity index (χ1v) is 11.2. The van der Waals surface area contributed by atoms with E-state index in [1.807, 2.05) is 0 Å². The first kappa shape index (κ1) is 20.8. The van der Waals surface area contributed by atoms with Gasteiger partial charge in [0.25, 0.3) is 0 Å². The molecule has 0 aromatic carbocycles. The van der Waals surface area contributed by atoms with Crippen molar-refractivity contribution in [2.45, 2.75) is 22.7 Å². The number of carboxylic acids is 2. The molecule has 15 heavy (non-hydrogen) atoms. The molecule has 0 aliphatic rings. The van der Waals surface area contributed by atoms with Gasteiger partial charge in [-0.1, -0.05) is 0 Å². The molecule has 90 valence electrons. The molecule has 0 saturated carbocycles. The third-order valence-electron chi connectivity index (χ3n) is 0.651. The molecule has 0 heterocycles. The van der Waals surface area contributed by atoms with Gasteiger partial charge in [0.15, 0.2) is 0 Å². The molecule has 0 rings (SSSR count). The van der Waals surface area contributed by atoms with Crippen molar-refractivity contribution < 1.29 is 19.8 Å². The molecule has 0 bridgehead atoms. The molecule has 0 saturated heterocycles. The number of rotatable bonds is 4. The molecule has 0 aromatic rings. The second-order valence-corrected chi connectivity index (χ2v) is 5.98. The zero-order chi connectivity index (χ0) is 12.7. The van der Waals surface area contributed by atoms with Crippen LogP contribution in [-0.4, -0.2) is 54.8 Å². The number of thiol groups is 2. The summed E-state index contributed by atoms with van der Waals surface area (Å²) in [4.78, 5) is 23.7. The zero-order valence-corrected chi connectivity index (χ0v) is 13.6. The van der Waals surface area contributed by atoms with Crippen molar-refractivity contribution in [2.75, 3.05) is 11.5 Å². The third kappa shape index (κ3) is 53.9. The van der Waals surface area contributed by atoms with Crippen LogP contribution >= 0.6 is 25.3 Å². The molecule has 0 amide bonds. The van der Waals surface area contributed by atoms with Crippen LogP contribution in [0.15, 0.2) is 0 Å². The van der Waals surface area contributed by atoms with Crippen molar-refractivity contribution in [3.63, 3.8) is 0 Å². The molecule has 0 aliphatic carbocycles. The standard InChI is InChI=1S/2C3H6O2S.2CH3.Sn/c2*4-3(5)1-2-6;;;/h2*6H,1-2H2,(H,4,5);2*1H3;. The molecule has 7 heteroatoms. The van der Waals surface area contributed by atoms with E-state index in [2.05, 4.69) is 35.1 Å². The Hall–Kier alpha value is 0.439.